The van der Waals surface area contributed by atoms with Gasteiger partial charge in [0, 0.05) is 31.9 Å². The van der Waals surface area contributed by atoms with Crippen molar-refractivity contribution in [3.8, 4) is 0 Å². The van der Waals surface area contributed by atoms with Gasteiger partial charge in [0.1, 0.15) is 0 Å². The summed E-state index contributed by atoms with van der Waals surface area (Å²) in [5, 5.41) is 7.74. The second kappa shape index (κ2) is 6.55. The van der Waals surface area contributed by atoms with E-state index < -0.39 is 0 Å². The fourth-order valence-electron chi connectivity index (χ4n) is 4.67. The Morgan fingerprint density at radius 1 is 1.23 bits per heavy atom. The summed E-state index contributed by atoms with van der Waals surface area (Å²) in [5.74, 6) is 1.91. The Balaban J connectivity index is 1.28. The molecule has 3 aliphatic carbocycles. The number of rotatable bonds is 5. The fraction of sp³-hybridized carbons (Fsp3) is 0.800. The van der Waals surface area contributed by atoms with E-state index in [0.717, 1.165) is 51.3 Å². The maximum absolute atomic E-state index is 12.5. The predicted molar refractivity (Wildman–Crippen MR) is 97.8 cm³/mol. The zero-order valence-electron chi connectivity index (χ0n) is 15.6. The Kier molecular flexibility index (Phi) is 4.18. The Bertz CT molecular complexity index is 667. The summed E-state index contributed by atoms with van der Waals surface area (Å²) in [6.45, 7) is 4.76. The topological polar surface area (TPSA) is 59.4 Å². The van der Waals surface area contributed by atoms with Gasteiger partial charge in [0.2, 0.25) is 0 Å². The highest BCUT2D eigenvalue weighted by atomic mass is 16.5. The minimum Gasteiger partial charge on any atom is -0.376 e. The lowest BCUT2D eigenvalue weighted by Gasteiger charge is -2.37. The first-order valence-corrected chi connectivity index (χ1v) is 10.3. The van der Waals surface area contributed by atoms with Crippen LogP contribution in [0.5, 0.6) is 0 Å². The monoisotopic (exact) mass is 358 g/mol. The van der Waals surface area contributed by atoms with Crippen LogP contribution < -0.4 is 5.32 Å². The quantitative estimate of drug-likeness (QED) is 0.880. The third-order valence-corrected chi connectivity index (χ3v) is 6.59. The molecule has 1 N–H and O–H groups in total. The van der Waals surface area contributed by atoms with Gasteiger partial charge in [0.15, 0.2) is 0 Å². The number of carbonyl (C=O) groups is 1. The Morgan fingerprint density at radius 3 is 2.65 bits per heavy atom. The van der Waals surface area contributed by atoms with Crippen molar-refractivity contribution in [3.05, 3.63) is 18.0 Å². The average molecular weight is 358 g/mol. The lowest BCUT2D eigenvalue weighted by Crippen LogP contribution is -2.39. The van der Waals surface area contributed by atoms with Gasteiger partial charge >= 0.3 is 6.03 Å². The van der Waals surface area contributed by atoms with E-state index in [1.807, 2.05) is 11.1 Å². The second-order valence-electron chi connectivity index (χ2n) is 9.00. The number of fused-ring (bicyclic) bond motifs is 1. The highest BCUT2D eigenvalue weighted by Gasteiger charge is 2.45. The normalized spacial score (nSPS) is 34.0. The van der Waals surface area contributed by atoms with Crippen LogP contribution in [0.4, 0.5) is 4.79 Å². The largest absolute Gasteiger partial charge is 0.376 e. The number of ether oxygens (including phenoxy) is 1. The minimum absolute atomic E-state index is 0.142. The van der Waals surface area contributed by atoms with E-state index in [9.17, 15) is 4.79 Å². The van der Waals surface area contributed by atoms with Crippen molar-refractivity contribution in [3.63, 3.8) is 0 Å². The number of hydrogen-bond donors (Lipinski definition) is 1. The van der Waals surface area contributed by atoms with E-state index in [1.165, 1.54) is 18.4 Å². The van der Waals surface area contributed by atoms with Crippen LogP contribution in [-0.2, 0) is 4.74 Å². The lowest BCUT2D eigenvalue weighted by molar-refractivity contribution is -0.0371. The summed E-state index contributed by atoms with van der Waals surface area (Å²) in [7, 11) is 0. The molecule has 0 unspecified atom stereocenters. The van der Waals surface area contributed by atoms with E-state index in [-0.39, 0.29) is 12.1 Å². The SMILES string of the molecule is Cc1cnn([C@H]2C[C@H]3CN(C(=O)NC4CC4)C[C@H]3C[C@@H]2OCC2CC2)c1. The molecule has 26 heavy (non-hydrogen) atoms. The smallest absolute Gasteiger partial charge is 0.317 e. The molecule has 6 heteroatoms. The number of nitrogens with zero attached hydrogens (tertiary/aromatic N) is 3. The number of amides is 2. The van der Waals surface area contributed by atoms with Crippen molar-refractivity contribution in [1.82, 2.24) is 20.0 Å². The molecule has 2 heterocycles. The van der Waals surface area contributed by atoms with E-state index in [1.54, 1.807) is 0 Å². The molecule has 0 aromatic carbocycles. The molecule has 5 rings (SSSR count). The molecule has 1 aliphatic heterocycles. The molecule has 1 aromatic rings. The highest BCUT2D eigenvalue weighted by Crippen LogP contribution is 2.43. The number of aryl methyl sites for hydroxylation is 1. The zero-order chi connectivity index (χ0) is 17.7. The molecule has 1 saturated heterocycles. The molecule has 0 spiro atoms. The number of hydrogen-bond acceptors (Lipinski definition) is 3. The van der Waals surface area contributed by atoms with Gasteiger partial charge in [-0.1, -0.05) is 0 Å². The molecule has 3 saturated carbocycles. The number of nitrogens with one attached hydrogen (secondary N) is 1. The van der Waals surface area contributed by atoms with Crippen LogP contribution in [0.25, 0.3) is 0 Å². The summed E-state index contributed by atoms with van der Waals surface area (Å²) in [4.78, 5) is 14.5. The van der Waals surface area contributed by atoms with E-state index in [0.29, 0.717) is 23.9 Å². The zero-order valence-corrected chi connectivity index (χ0v) is 15.6. The summed E-state index contributed by atoms with van der Waals surface area (Å²) >= 11 is 0. The third kappa shape index (κ3) is 3.48. The van der Waals surface area contributed by atoms with Gasteiger partial charge in [-0.05, 0) is 68.8 Å². The van der Waals surface area contributed by atoms with Crippen LogP contribution in [0.1, 0.15) is 50.1 Å². The Labute approximate surface area is 155 Å². The van der Waals surface area contributed by atoms with Gasteiger partial charge in [-0.2, -0.15) is 5.10 Å². The van der Waals surface area contributed by atoms with Crippen LogP contribution in [0.2, 0.25) is 0 Å². The van der Waals surface area contributed by atoms with Crippen LogP contribution in [0.3, 0.4) is 0 Å². The molecule has 1 aromatic heterocycles. The fourth-order valence-corrected chi connectivity index (χ4v) is 4.67. The Morgan fingerprint density at radius 2 is 2.00 bits per heavy atom. The molecule has 142 valence electrons. The molecule has 4 aliphatic rings. The van der Waals surface area contributed by atoms with Gasteiger partial charge in [-0.3, -0.25) is 4.68 Å². The molecule has 6 nitrogen and oxygen atoms in total. The molecule has 2 amide bonds. The predicted octanol–water partition coefficient (Wildman–Crippen LogP) is 2.74. The van der Waals surface area contributed by atoms with Crippen molar-refractivity contribution >= 4 is 6.03 Å². The van der Waals surface area contributed by atoms with Crippen molar-refractivity contribution in [2.24, 2.45) is 17.8 Å². The van der Waals surface area contributed by atoms with Crippen LogP contribution in [0.15, 0.2) is 12.4 Å². The number of likely N-dealkylation sites (tertiary alicyclic amines) is 1. The maximum Gasteiger partial charge on any atom is 0.317 e. The van der Waals surface area contributed by atoms with E-state index in [2.05, 4.69) is 28.2 Å². The molecule has 4 atom stereocenters. The van der Waals surface area contributed by atoms with Crippen LogP contribution >= 0.6 is 0 Å². The first-order valence-electron chi connectivity index (χ1n) is 10.3. The molecule has 0 bridgehead atoms. The summed E-state index contributed by atoms with van der Waals surface area (Å²) in [6.07, 6.45) is 11.3. The summed E-state index contributed by atoms with van der Waals surface area (Å²) in [5.41, 5.74) is 1.20. The van der Waals surface area contributed by atoms with Crippen LogP contribution in [0, 0.1) is 24.7 Å². The second-order valence-corrected chi connectivity index (χ2v) is 9.00. The van der Waals surface area contributed by atoms with E-state index in [4.69, 9.17) is 4.74 Å². The van der Waals surface area contributed by atoms with Crippen molar-refractivity contribution in [2.45, 2.75) is 63.6 Å². The van der Waals surface area contributed by atoms with Gasteiger partial charge in [0.05, 0.1) is 18.3 Å². The number of aromatic nitrogens is 2. The molecular weight excluding hydrogens is 328 g/mol. The summed E-state index contributed by atoms with van der Waals surface area (Å²) in [6, 6.07) is 0.874. The van der Waals surface area contributed by atoms with E-state index >= 15 is 0 Å². The van der Waals surface area contributed by atoms with Crippen molar-refractivity contribution < 1.29 is 9.53 Å². The molecule has 4 fully saturated rings. The van der Waals surface area contributed by atoms with Crippen molar-refractivity contribution in [2.75, 3.05) is 19.7 Å². The number of carbonyl (C=O) groups excluding carboxylic acids is 1. The lowest BCUT2D eigenvalue weighted by atomic mass is 9.77. The molecular formula is C20H30N4O2. The first-order chi connectivity index (χ1) is 12.7. The summed E-state index contributed by atoms with van der Waals surface area (Å²) < 4.78 is 8.50. The van der Waals surface area contributed by atoms with Gasteiger partial charge in [0.25, 0.3) is 0 Å². The van der Waals surface area contributed by atoms with Gasteiger partial charge < -0.3 is 15.0 Å². The Hall–Kier alpha value is -1.56. The first kappa shape index (κ1) is 16.6. The average Bonchev–Trinajstić information content (AvgIpc) is 3.54. The van der Waals surface area contributed by atoms with Gasteiger partial charge in [-0.15, -0.1) is 0 Å². The number of urea groups is 1. The third-order valence-electron chi connectivity index (χ3n) is 6.59. The standard InChI is InChI=1S/C20H30N4O2/c1-13-8-21-24(9-13)18-6-15-10-23(20(25)22-17-4-5-17)11-16(15)7-19(18)26-12-14-2-3-14/h8-9,14-19H,2-7,10-12H2,1H3,(H,22,25)/t15-,16+,18-,19-/m0/s1. The highest BCUT2D eigenvalue weighted by molar-refractivity contribution is 5.75. The van der Waals surface area contributed by atoms with Crippen LogP contribution in [-0.4, -0.2) is 52.6 Å². The van der Waals surface area contributed by atoms with Crippen molar-refractivity contribution in [1.29, 1.82) is 0 Å². The molecule has 0 radical (unpaired) electrons. The van der Waals surface area contributed by atoms with Gasteiger partial charge in [-0.25, -0.2) is 4.79 Å². The minimum atomic E-state index is 0.142. The maximum atomic E-state index is 12.5.